The first kappa shape index (κ1) is 27.1. The molecule has 7 heteroatoms. The van der Waals surface area contributed by atoms with E-state index >= 15 is 0 Å². The fraction of sp³-hybridized carbons (Fsp3) is 0.900. The van der Waals surface area contributed by atoms with Gasteiger partial charge in [0.2, 0.25) is 7.37 Å². The molecule has 0 aromatic carbocycles. The fourth-order valence-electron chi connectivity index (χ4n) is 3.00. The molecule has 0 aromatic rings. The Kier molecular flexibility index (Phi) is 17.0. The molecule has 0 fully saturated rings. The third-order valence-electron chi connectivity index (χ3n) is 4.36. The summed E-state index contributed by atoms with van der Waals surface area (Å²) in [6.45, 7) is 5.97. The molecule has 162 valence electrons. The highest BCUT2D eigenvalue weighted by molar-refractivity contribution is 7.75. The molecule has 2 atom stereocenters. The molecule has 0 radical (unpaired) electrons. The van der Waals surface area contributed by atoms with Crippen LogP contribution in [0.5, 0.6) is 0 Å². The fourth-order valence-corrected chi connectivity index (χ4v) is 7.42. The largest absolute Gasteiger partial charge is 0.338 e. The highest BCUT2D eigenvalue weighted by Crippen LogP contribution is 2.61. The summed E-state index contributed by atoms with van der Waals surface area (Å²) >= 11 is 0. The molecule has 2 unspecified atom stereocenters. The van der Waals surface area contributed by atoms with E-state index < -0.39 is 20.9 Å². The van der Waals surface area contributed by atoms with Crippen LogP contribution in [0.3, 0.4) is 0 Å². The Bertz CT molecular complexity index is 465. The van der Waals surface area contributed by atoms with Crippen LogP contribution in [0.25, 0.3) is 0 Å². The lowest BCUT2D eigenvalue weighted by atomic mass is 10.1. The number of rotatable bonds is 19. The van der Waals surface area contributed by atoms with Crippen LogP contribution in [0.15, 0.2) is 11.9 Å². The van der Waals surface area contributed by atoms with Crippen molar-refractivity contribution >= 4 is 15.0 Å². The Balaban J connectivity index is 3.90. The van der Waals surface area contributed by atoms with Crippen LogP contribution in [0.1, 0.15) is 97.8 Å². The van der Waals surface area contributed by atoms with E-state index in [1.54, 1.807) is 13.8 Å². The van der Waals surface area contributed by atoms with Crippen LogP contribution in [0.2, 0.25) is 0 Å². The predicted octanol–water partition coefficient (Wildman–Crippen LogP) is 7.70. The van der Waals surface area contributed by atoms with E-state index in [9.17, 15) is 14.0 Å². The van der Waals surface area contributed by atoms with Crippen molar-refractivity contribution in [2.45, 2.75) is 97.8 Å². The lowest BCUT2D eigenvalue weighted by Crippen LogP contribution is -1.98. The molecule has 27 heavy (non-hydrogen) atoms. The average molecular weight is 424 g/mol. The van der Waals surface area contributed by atoms with Crippen molar-refractivity contribution in [1.29, 1.82) is 0 Å². The van der Waals surface area contributed by atoms with Gasteiger partial charge in [-0.25, -0.2) is 0 Å². The molecule has 0 aliphatic rings. The standard InChI is InChI=1S/C20H42O5P2/c1-4-7-8-9-10-11-12-13-14-15-16-17-18-19-26(21,24-5-2)20-27(22,23)25-6-3/h18-19H,4-17,20H2,1-3H3,(H,22,23). The van der Waals surface area contributed by atoms with Crippen LogP contribution in [-0.2, 0) is 18.2 Å². The van der Waals surface area contributed by atoms with Crippen LogP contribution in [-0.4, -0.2) is 24.0 Å². The Morgan fingerprint density at radius 3 is 1.70 bits per heavy atom. The normalized spacial score (nSPS) is 16.4. The molecule has 0 heterocycles. The van der Waals surface area contributed by atoms with Crippen LogP contribution >= 0.6 is 15.0 Å². The second-order valence-corrected chi connectivity index (χ2v) is 11.7. The molecular weight excluding hydrogens is 382 g/mol. The van der Waals surface area contributed by atoms with Gasteiger partial charge in [-0.3, -0.25) is 9.13 Å². The van der Waals surface area contributed by atoms with Crippen molar-refractivity contribution < 1.29 is 23.1 Å². The van der Waals surface area contributed by atoms with Gasteiger partial charge in [0.05, 0.1) is 13.2 Å². The minimum absolute atomic E-state index is 0.113. The summed E-state index contributed by atoms with van der Waals surface area (Å²) in [5.41, 5.74) is 0. The van der Waals surface area contributed by atoms with Gasteiger partial charge in [0.1, 0.15) is 5.90 Å². The summed E-state index contributed by atoms with van der Waals surface area (Å²) in [5, 5.41) is 0. The summed E-state index contributed by atoms with van der Waals surface area (Å²) in [6, 6.07) is 0. The Labute approximate surface area is 167 Å². The Morgan fingerprint density at radius 2 is 1.22 bits per heavy atom. The van der Waals surface area contributed by atoms with Crippen LogP contribution in [0, 0.1) is 0 Å². The number of hydrogen-bond acceptors (Lipinski definition) is 4. The minimum Gasteiger partial charge on any atom is -0.326 e. The second kappa shape index (κ2) is 17.0. The molecule has 1 N–H and O–H groups in total. The molecule has 0 spiro atoms. The third-order valence-corrected chi connectivity index (χ3v) is 9.39. The maximum absolute atomic E-state index is 12.7. The van der Waals surface area contributed by atoms with Gasteiger partial charge >= 0.3 is 7.60 Å². The van der Waals surface area contributed by atoms with Crippen molar-refractivity contribution in [3.05, 3.63) is 11.9 Å². The zero-order valence-electron chi connectivity index (χ0n) is 17.7. The van der Waals surface area contributed by atoms with Gasteiger partial charge < -0.3 is 13.9 Å². The van der Waals surface area contributed by atoms with Gasteiger partial charge in [-0.15, -0.1) is 0 Å². The van der Waals surface area contributed by atoms with Gasteiger partial charge in [0.25, 0.3) is 0 Å². The van der Waals surface area contributed by atoms with Crippen molar-refractivity contribution in [3.8, 4) is 0 Å². The summed E-state index contributed by atoms with van der Waals surface area (Å²) in [7, 11) is -7.14. The second-order valence-electron chi connectivity index (χ2n) is 7.05. The smallest absolute Gasteiger partial charge is 0.326 e. The van der Waals surface area contributed by atoms with Gasteiger partial charge in [-0.1, -0.05) is 77.2 Å². The van der Waals surface area contributed by atoms with E-state index in [1.165, 1.54) is 63.6 Å². The minimum atomic E-state index is -3.87. The molecule has 0 aliphatic heterocycles. The van der Waals surface area contributed by atoms with Crippen LogP contribution < -0.4 is 0 Å². The van der Waals surface area contributed by atoms with Crippen LogP contribution in [0.4, 0.5) is 0 Å². The molecule has 0 aromatic heterocycles. The molecule has 0 amide bonds. The van der Waals surface area contributed by atoms with E-state index in [0.29, 0.717) is 0 Å². The predicted molar refractivity (Wildman–Crippen MR) is 116 cm³/mol. The van der Waals surface area contributed by atoms with Gasteiger partial charge in [-0.2, -0.15) is 0 Å². The third kappa shape index (κ3) is 16.7. The molecular formula is C20H42O5P2. The molecule has 0 bridgehead atoms. The van der Waals surface area contributed by atoms with E-state index in [-0.39, 0.29) is 13.2 Å². The SMILES string of the molecule is CCCCCCCCCCCCCC=CP(=O)(CP(=O)(O)OCC)OCC. The molecule has 0 saturated carbocycles. The Hall–Kier alpha value is 0.0800. The first-order valence-corrected chi connectivity index (χ1v) is 14.4. The summed E-state index contributed by atoms with van der Waals surface area (Å²) < 4.78 is 34.7. The van der Waals surface area contributed by atoms with Crippen molar-refractivity contribution in [3.63, 3.8) is 0 Å². The first-order valence-electron chi connectivity index (χ1n) is 10.8. The van der Waals surface area contributed by atoms with Gasteiger partial charge in [0.15, 0.2) is 0 Å². The van der Waals surface area contributed by atoms with E-state index in [1.807, 2.05) is 6.08 Å². The van der Waals surface area contributed by atoms with Crippen molar-refractivity contribution in [2.24, 2.45) is 0 Å². The van der Waals surface area contributed by atoms with Gasteiger partial charge in [-0.05, 0) is 32.5 Å². The summed E-state index contributed by atoms with van der Waals surface area (Å²) in [6.07, 6.45) is 16.9. The van der Waals surface area contributed by atoms with Gasteiger partial charge in [0, 0.05) is 0 Å². The summed E-state index contributed by atoms with van der Waals surface area (Å²) in [4.78, 5) is 9.73. The molecule has 0 aliphatic carbocycles. The zero-order chi connectivity index (χ0) is 20.4. The average Bonchev–Trinajstić information content (AvgIpc) is 2.58. The Morgan fingerprint density at radius 1 is 0.741 bits per heavy atom. The molecule has 5 nitrogen and oxygen atoms in total. The highest BCUT2D eigenvalue weighted by atomic mass is 31.2. The maximum atomic E-state index is 12.7. The van der Waals surface area contributed by atoms with Crippen molar-refractivity contribution in [1.82, 2.24) is 0 Å². The highest BCUT2D eigenvalue weighted by Gasteiger charge is 2.32. The quantitative estimate of drug-likeness (QED) is 0.170. The van der Waals surface area contributed by atoms with E-state index in [2.05, 4.69) is 6.92 Å². The topological polar surface area (TPSA) is 72.8 Å². The van der Waals surface area contributed by atoms with Crippen molar-refractivity contribution in [2.75, 3.05) is 19.1 Å². The van der Waals surface area contributed by atoms with E-state index in [0.717, 1.165) is 19.3 Å². The maximum Gasteiger partial charge on any atom is 0.338 e. The zero-order valence-corrected chi connectivity index (χ0v) is 19.5. The summed E-state index contributed by atoms with van der Waals surface area (Å²) in [5.74, 6) is 1.05. The lowest BCUT2D eigenvalue weighted by molar-refractivity contribution is 0.275. The number of unbranched alkanes of at least 4 members (excludes halogenated alkanes) is 11. The molecule has 0 rings (SSSR count). The molecule has 0 saturated heterocycles. The lowest BCUT2D eigenvalue weighted by Gasteiger charge is -2.17. The monoisotopic (exact) mass is 424 g/mol. The van der Waals surface area contributed by atoms with E-state index in [4.69, 9.17) is 9.05 Å². The number of hydrogen-bond donors (Lipinski definition) is 1. The number of allylic oxidation sites excluding steroid dienone is 1. The first-order chi connectivity index (χ1) is 12.9.